The molecule has 2 rings (SSSR count). The molecule has 2 heteroatoms. The van der Waals surface area contributed by atoms with Gasteiger partial charge < -0.3 is 4.90 Å². The highest BCUT2D eigenvalue weighted by Crippen LogP contribution is 2.39. The van der Waals surface area contributed by atoms with Crippen LogP contribution in [0.5, 0.6) is 0 Å². The van der Waals surface area contributed by atoms with Gasteiger partial charge in [0.15, 0.2) is 0 Å². The molecule has 0 aromatic heterocycles. The quantitative estimate of drug-likeness (QED) is 0.698. The Kier molecular flexibility index (Phi) is 2.28. The van der Waals surface area contributed by atoms with Crippen LogP contribution in [-0.4, -0.2) is 24.9 Å². The van der Waals surface area contributed by atoms with E-state index in [1.165, 1.54) is 18.4 Å². The number of carbonyl (C=O) groups excluding carboxylic acids is 1. The molecule has 1 saturated carbocycles. The summed E-state index contributed by atoms with van der Waals surface area (Å²) >= 11 is 0. The van der Waals surface area contributed by atoms with Gasteiger partial charge >= 0.3 is 0 Å². The standard InChI is InChI=1S/C12H15NO/c1-13(2)12(14)11-7-5-10(6-8-11)9-3-4-9/h5-9H,3-4H2,1-2H3. The van der Waals surface area contributed by atoms with E-state index < -0.39 is 0 Å². The summed E-state index contributed by atoms with van der Waals surface area (Å²) in [7, 11) is 3.55. The van der Waals surface area contributed by atoms with Crippen LogP contribution in [0.15, 0.2) is 24.3 Å². The fourth-order valence-corrected chi connectivity index (χ4v) is 1.57. The maximum atomic E-state index is 11.6. The van der Waals surface area contributed by atoms with Crippen LogP contribution in [0.2, 0.25) is 0 Å². The molecule has 1 aromatic carbocycles. The predicted octanol–water partition coefficient (Wildman–Crippen LogP) is 2.27. The molecule has 0 heterocycles. The highest BCUT2D eigenvalue weighted by atomic mass is 16.2. The van der Waals surface area contributed by atoms with Crippen LogP contribution in [0.4, 0.5) is 0 Å². The van der Waals surface area contributed by atoms with E-state index in [1.807, 2.05) is 12.1 Å². The summed E-state index contributed by atoms with van der Waals surface area (Å²) in [6.07, 6.45) is 2.61. The molecule has 1 amide bonds. The molecule has 0 N–H and O–H groups in total. The van der Waals surface area contributed by atoms with Crippen LogP contribution in [0.1, 0.15) is 34.7 Å². The van der Waals surface area contributed by atoms with Crippen LogP contribution < -0.4 is 0 Å². The largest absolute Gasteiger partial charge is 0.345 e. The van der Waals surface area contributed by atoms with Crippen LogP contribution in [0.25, 0.3) is 0 Å². The lowest BCUT2D eigenvalue weighted by molar-refractivity contribution is 0.0827. The summed E-state index contributed by atoms with van der Waals surface area (Å²) in [5.74, 6) is 0.839. The summed E-state index contributed by atoms with van der Waals surface area (Å²) in [5.41, 5.74) is 2.15. The summed E-state index contributed by atoms with van der Waals surface area (Å²) in [5, 5.41) is 0. The first-order chi connectivity index (χ1) is 6.68. The van der Waals surface area contributed by atoms with Crippen molar-refractivity contribution in [1.82, 2.24) is 4.90 Å². The maximum absolute atomic E-state index is 11.6. The van der Waals surface area contributed by atoms with E-state index in [4.69, 9.17) is 0 Å². The third-order valence-electron chi connectivity index (χ3n) is 2.61. The van der Waals surface area contributed by atoms with E-state index in [9.17, 15) is 4.79 Å². The van der Waals surface area contributed by atoms with E-state index in [-0.39, 0.29) is 5.91 Å². The molecule has 2 nitrogen and oxygen atoms in total. The summed E-state index contributed by atoms with van der Waals surface area (Å²) in [4.78, 5) is 13.2. The van der Waals surface area contributed by atoms with Crippen LogP contribution in [0.3, 0.4) is 0 Å². The lowest BCUT2D eigenvalue weighted by Crippen LogP contribution is -2.21. The Morgan fingerprint density at radius 2 is 1.79 bits per heavy atom. The average molecular weight is 189 g/mol. The lowest BCUT2D eigenvalue weighted by atomic mass is 10.1. The molecule has 0 saturated heterocycles. The zero-order chi connectivity index (χ0) is 10.1. The fraction of sp³-hybridized carbons (Fsp3) is 0.417. The SMILES string of the molecule is CN(C)C(=O)c1ccc(C2CC2)cc1. The minimum absolute atomic E-state index is 0.0762. The van der Waals surface area contributed by atoms with Crippen molar-refractivity contribution in [2.45, 2.75) is 18.8 Å². The highest BCUT2D eigenvalue weighted by molar-refractivity contribution is 5.93. The number of benzene rings is 1. The van der Waals surface area contributed by atoms with Crippen molar-refractivity contribution in [2.75, 3.05) is 14.1 Å². The van der Waals surface area contributed by atoms with Gasteiger partial charge in [0.1, 0.15) is 0 Å². The molecular weight excluding hydrogens is 174 g/mol. The molecule has 0 spiro atoms. The highest BCUT2D eigenvalue weighted by Gasteiger charge is 2.23. The minimum atomic E-state index is 0.0762. The molecular formula is C12H15NO. The Balaban J connectivity index is 2.16. The van der Waals surface area contributed by atoms with Gasteiger partial charge in [-0.05, 0) is 36.5 Å². The van der Waals surface area contributed by atoms with Gasteiger partial charge in [-0.25, -0.2) is 0 Å². The topological polar surface area (TPSA) is 20.3 Å². The molecule has 0 unspecified atom stereocenters. The number of nitrogens with zero attached hydrogens (tertiary/aromatic N) is 1. The van der Waals surface area contributed by atoms with Crippen LogP contribution in [-0.2, 0) is 0 Å². The Hall–Kier alpha value is -1.31. The first-order valence-corrected chi connectivity index (χ1v) is 5.00. The van der Waals surface area contributed by atoms with Gasteiger partial charge in [0.2, 0.25) is 0 Å². The molecule has 1 aliphatic rings. The van der Waals surface area contributed by atoms with Gasteiger partial charge in [0.25, 0.3) is 5.91 Å². The second-order valence-corrected chi connectivity index (χ2v) is 4.10. The normalized spacial score (nSPS) is 15.3. The van der Waals surface area contributed by atoms with E-state index in [1.54, 1.807) is 19.0 Å². The molecule has 0 bridgehead atoms. The van der Waals surface area contributed by atoms with Gasteiger partial charge in [-0.3, -0.25) is 4.79 Å². The first kappa shape index (κ1) is 9.25. The number of amides is 1. The zero-order valence-electron chi connectivity index (χ0n) is 8.66. The van der Waals surface area contributed by atoms with Crippen molar-refractivity contribution in [3.05, 3.63) is 35.4 Å². The molecule has 1 fully saturated rings. The Bertz CT molecular complexity index is 336. The van der Waals surface area contributed by atoms with Gasteiger partial charge in [-0.1, -0.05) is 12.1 Å². The van der Waals surface area contributed by atoms with Gasteiger partial charge in [0.05, 0.1) is 0 Å². The van der Waals surface area contributed by atoms with E-state index >= 15 is 0 Å². The molecule has 74 valence electrons. The number of carbonyl (C=O) groups is 1. The Labute approximate surface area is 84.5 Å². The average Bonchev–Trinajstić information content (AvgIpc) is 3.00. The lowest BCUT2D eigenvalue weighted by Gasteiger charge is -2.10. The van der Waals surface area contributed by atoms with Crippen molar-refractivity contribution >= 4 is 5.91 Å². The molecule has 1 aromatic rings. The van der Waals surface area contributed by atoms with Crippen molar-refractivity contribution in [1.29, 1.82) is 0 Å². The third-order valence-corrected chi connectivity index (χ3v) is 2.61. The summed E-state index contributed by atoms with van der Waals surface area (Å²) in [6, 6.07) is 8.01. The molecule has 0 radical (unpaired) electrons. The second-order valence-electron chi connectivity index (χ2n) is 4.10. The van der Waals surface area contributed by atoms with Crippen molar-refractivity contribution in [3.8, 4) is 0 Å². The van der Waals surface area contributed by atoms with Crippen molar-refractivity contribution in [2.24, 2.45) is 0 Å². The van der Waals surface area contributed by atoms with Crippen molar-refractivity contribution in [3.63, 3.8) is 0 Å². The summed E-state index contributed by atoms with van der Waals surface area (Å²) < 4.78 is 0. The minimum Gasteiger partial charge on any atom is -0.345 e. The van der Waals surface area contributed by atoms with E-state index in [0.717, 1.165) is 11.5 Å². The predicted molar refractivity (Wildman–Crippen MR) is 56.4 cm³/mol. The van der Waals surface area contributed by atoms with Crippen molar-refractivity contribution < 1.29 is 4.79 Å². The third kappa shape index (κ3) is 1.79. The van der Waals surface area contributed by atoms with Crippen LogP contribution in [0, 0.1) is 0 Å². The van der Waals surface area contributed by atoms with Gasteiger partial charge in [-0.15, -0.1) is 0 Å². The smallest absolute Gasteiger partial charge is 0.253 e. The first-order valence-electron chi connectivity index (χ1n) is 5.00. The fourth-order valence-electron chi connectivity index (χ4n) is 1.57. The Morgan fingerprint density at radius 1 is 1.21 bits per heavy atom. The van der Waals surface area contributed by atoms with Gasteiger partial charge in [0, 0.05) is 19.7 Å². The number of hydrogen-bond donors (Lipinski definition) is 0. The van der Waals surface area contributed by atoms with E-state index in [0.29, 0.717) is 0 Å². The molecule has 0 atom stereocenters. The van der Waals surface area contributed by atoms with Crippen LogP contribution >= 0.6 is 0 Å². The molecule has 1 aliphatic carbocycles. The maximum Gasteiger partial charge on any atom is 0.253 e. The summed E-state index contributed by atoms with van der Waals surface area (Å²) in [6.45, 7) is 0. The molecule has 14 heavy (non-hydrogen) atoms. The Morgan fingerprint density at radius 3 is 2.21 bits per heavy atom. The number of rotatable bonds is 2. The number of hydrogen-bond acceptors (Lipinski definition) is 1. The van der Waals surface area contributed by atoms with E-state index in [2.05, 4.69) is 12.1 Å². The zero-order valence-corrected chi connectivity index (χ0v) is 8.66. The second kappa shape index (κ2) is 3.45. The monoisotopic (exact) mass is 189 g/mol. The van der Waals surface area contributed by atoms with Gasteiger partial charge in [-0.2, -0.15) is 0 Å². The molecule has 0 aliphatic heterocycles.